The second-order valence-electron chi connectivity index (χ2n) is 6.61. The van der Waals surface area contributed by atoms with Crippen LogP contribution in [0.4, 0.5) is 13.2 Å². The Kier molecular flexibility index (Phi) is 5.07. The van der Waals surface area contributed by atoms with Crippen LogP contribution in [0.15, 0.2) is 48.8 Å². The minimum absolute atomic E-state index is 0.0447. The minimum atomic E-state index is -4.49. The number of imidazole rings is 1. The third-order valence-corrected chi connectivity index (χ3v) is 4.66. The fraction of sp³-hybridized carbons (Fsp3) is 0.200. The van der Waals surface area contributed by atoms with Gasteiger partial charge in [0.2, 0.25) is 11.2 Å². The zero-order valence-corrected chi connectivity index (χ0v) is 16.6. The molecule has 4 aromatic rings. The lowest BCUT2D eigenvalue weighted by molar-refractivity contribution is -0.140. The average Bonchev–Trinajstić information content (AvgIpc) is 3.10. The molecule has 0 aliphatic heterocycles. The molecule has 1 atom stereocenters. The zero-order valence-electron chi connectivity index (χ0n) is 15.9. The third-order valence-electron chi connectivity index (χ3n) is 4.49. The Morgan fingerprint density at radius 1 is 1.07 bits per heavy atom. The van der Waals surface area contributed by atoms with Gasteiger partial charge in [-0.1, -0.05) is 24.3 Å². The fourth-order valence-corrected chi connectivity index (χ4v) is 3.17. The molecule has 0 spiro atoms. The number of fused-ring (bicyclic) bond motifs is 1. The summed E-state index contributed by atoms with van der Waals surface area (Å²) in [5.74, 6) is 0.473. The SMILES string of the molecule is CC(Oc1nc(Cl)nc2cccnc12)c1ccc(-c2nc(C(F)(F)F)cn2C)cc1. The largest absolute Gasteiger partial charge is 0.468 e. The van der Waals surface area contributed by atoms with Crippen molar-refractivity contribution < 1.29 is 17.9 Å². The maximum absolute atomic E-state index is 12.9. The van der Waals surface area contributed by atoms with Crippen LogP contribution in [0, 0.1) is 0 Å². The van der Waals surface area contributed by atoms with E-state index in [-0.39, 0.29) is 17.0 Å². The predicted octanol–water partition coefficient (Wildman–Crippen LogP) is 5.24. The van der Waals surface area contributed by atoms with Crippen molar-refractivity contribution in [1.82, 2.24) is 24.5 Å². The molecule has 10 heteroatoms. The maximum Gasteiger partial charge on any atom is 0.434 e. The molecule has 0 aliphatic rings. The summed E-state index contributed by atoms with van der Waals surface area (Å²) in [4.78, 5) is 16.2. The summed E-state index contributed by atoms with van der Waals surface area (Å²) in [5, 5.41) is 0.0447. The Morgan fingerprint density at radius 3 is 2.47 bits per heavy atom. The number of benzene rings is 1. The number of hydrogen-bond acceptors (Lipinski definition) is 5. The minimum Gasteiger partial charge on any atom is -0.468 e. The quantitative estimate of drug-likeness (QED) is 0.412. The van der Waals surface area contributed by atoms with Crippen LogP contribution in [0.5, 0.6) is 5.88 Å². The van der Waals surface area contributed by atoms with Crippen LogP contribution in [0.25, 0.3) is 22.4 Å². The molecular formula is C20H15ClF3N5O. The van der Waals surface area contributed by atoms with Gasteiger partial charge in [-0.25, -0.2) is 15.0 Å². The smallest absolute Gasteiger partial charge is 0.434 e. The molecule has 0 radical (unpaired) electrons. The fourth-order valence-electron chi connectivity index (χ4n) is 3.00. The summed E-state index contributed by atoms with van der Waals surface area (Å²) in [6, 6.07) is 10.4. The Labute approximate surface area is 174 Å². The first-order chi connectivity index (χ1) is 14.2. The van der Waals surface area contributed by atoms with E-state index in [0.717, 1.165) is 11.8 Å². The molecule has 3 heterocycles. The first-order valence-corrected chi connectivity index (χ1v) is 9.26. The van der Waals surface area contributed by atoms with E-state index in [1.165, 1.54) is 11.6 Å². The number of nitrogens with zero attached hydrogens (tertiary/aromatic N) is 5. The highest BCUT2D eigenvalue weighted by Crippen LogP contribution is 2.31. The molecule has 0 fully saturated rings. The van der Waals surface area contributed by atoms with E-state index >= 15 is 0 Å². The van der Waals surface area contributed by atoms with E-state index in [1.807, 2.05) is 6.92 Å². The molecule has 0 aliphatic carbocycles. The van der Waals surface area contributed by atoms with Crippen LogP contribution >= 0.6 is 11.6 Å². The summed E-state index contributed by atoms with van der Waals surface area (Å²) in [6.07, 6.45) is -2.34. The Bertz CT molecular complexity index is 1210. The second-order valence-corrected chi connectivity index (χ2v) is 6.95. The lowest BCUT2D eigenvalue weighted by Crippen LogP contribution is -2.06. The average molecular weight is 434 g/mol. The maximum atomic E-state index is 12.9. The molecule has 4 rings (SSSR count). The topological polar surface area (TPSA) is 65.7 Å². The molecule has 0 N–H and O–H groups in total. The molecule has 30 heavy (non-hydrogen) atoms. The number of rotatable bonds is 4. The predicted molar refractivity (Wildman–Crippen MR) is 105 cm³/mol. The van der Waals surface area contributed by atoms with Gasteiger partial charge in [0.05, 0.1) is 5.52 Å². The van der Waals surface area contributed by atoms with E-state index in [9.17, 15) is 13.2 Å². The number of halogens is 4. The van der Waals surface area contributed by atoms with Crippen molar-refractivity contribution in [2.45, 2.75) is 19.2 Å². The molecule has 1 unspecified atom stereocenters. The molecule has 6 nitrogen and oxygen atoms in total. The van der Waals surface area contributed by atoms with Crippen LogP contribution in [-0.4, -0.2) is 24.5 Å². The highest BCUT2D eigenvalue weighted by Gasteiger charge is 2.34. The van der Waals surface area contributed by atoms with Crippen molar-refractivity contribution in [1.29, 1.82) is 0 Å². The number of alkyl halides is 3. The van der Waals surface area contributed by atoms with Crippen molar-refractivity contribution >= 4 is 22.6 Å². The summed E-state index contributed by atoms with van der Waals surface area (Å²) < 4.78 is 46.0. The Hall–Kier alpha value is -3.20. The molecule has 0 saturated heterocycles. The van der Waals surface area contributed by atoms with Crippen molar-refractivity contribution in [2.75, 3.05) is 0 Å². The molecule has 0 saturated carbocycles. The monoisotopic (exact) mass is 433 g/mol. The van der Waals surface area contributed by atoms with Crippen molar-refractivity contribution in [3.05, 3.63) is 65.3 Å². The number of ether oxygens (including phenoxy) is 1. The summed E-state index contributed by atoms with van der Waals surface area (Å²) in [7, 11) is 1.52. The van der Waals surface area contributed by atoms with Gasteiger partial charge in [0.1, 0.15) is 11.9 Å². The van der Waals surface area contributed by atoms with Gasteiger partial charge in [0.15, 0.2) is 11.2 Å². The number of hydrogen-bond donors (Lipinski definition) is 0. The lowest BCUT2D eigenvalue weighted by atomic mass is 10.1. The Balaban J connectivity index is 1.59. The molecule has 3 aromatic heterocycles. The van der Waals surface area contributed by atoms with Gasteiger partial charge >= 0.3 is 6.18 Å². The van der Waals surface area contributed by atoms with Crippen molar-refractivity contribution in [2.24, 2.45) is 7.05 Å². The number of pyridine rings is 1. The Morgan fingerprint density at radius 2 is 1.80 bits per heavy atom. The van der Waals surface area contributed by atoms with Crippen LogP contribution in [0.2, 0.25) is 5.28 Å². The third kappa shape index (κ3) is 3.93. The summed E-state index contributed by atoms with van der Waals surface area (Å²) in [6.45, 7) is 1.82. The molecule has 154 valence electrons. The highest BCUT2D eigenvalue weighted by atomic mass is 35.5. The number of aromatic nitrogens is 5. The molecular weight excluding hydrogens is 419 g/mol. The number of aryl methyl sites for hydroxylation is 1. The van der Waals surface area contributed by atoms with Crippen LogP contribution < -0.4 is 4.74 Å². The van der Waals surface area contributed by atoms with E-state index in [2.05, 4.69) is 19.9 Å². The highest BCUT2D eigenvalue weighted by molar-refractivity contribution is 6.28. The van der Waals surface area contributed by atoms with Crippen LogP contribution in [-0.2, 0) is 13.2 Å². The van der Waals surface area contributed by atoms with Crippen LogP contribution in [0.1, 0.15) is 24.3 Å². The van der Waals surface area contributed by atoms with Crippen LogP contribution in [0.3, 0.4) is 0 Å². The van der Waals surface area contributed by atoms with Gasteiger partial charge in [-0.2, -0.15) is 18.2 Å². The van der Waals surface area contributed by atoms with E-state index in [0.29, 0.717) is 16.6 Å². The zero-order chi connectivity index (χ0) is 21.5. The van der Waals surface area contributed by atoms with Gasteiger partial charge in [0.25, 0.3) is 0 Å². The molecule has 0 bridgehead atoms. The summed E-state index contributed by atoms with van der Waals surface area (Å²) >= 11 is 5.97. The van der Waals surface area contributed by atoms with Crippen molar-refractivity contribution in [3.8, 4) is 17.3 Å². The van der Waals surface area contributed by atoms with Gasteiger partial charge in [0, 0.05) is 25.0 Å². The standard InChI is InChI=1S/C20H15ClF3N5O/c1-11(30-18-16-14(4-3-9-25-16)26-19(21)28-18)12-5-7-13(8-6-12)17-27-15(10-29(17)2)20(22,23)24/h3-11H,1-2H3. The first kappa shape index (κ1) is 20.1. The normalized spacial score (nSPS) is 12.9. The van der Waals surface area contributed by atoms with Crippen molar-refractivity contribution in [3.63, 3.8) is 0 Å². The van der Waals surface area contributed by atoms with Gasteiger partial charge in [-0.3, -0.25) is 0 Å². The second kappa shape index (κ2) is 7.56. The lowest BCUT2D eigenvalue weighted by Gasteiger charge is -2.15. The molecule has 0 amide bonds. The molecule has 1 aromatic carbocycles. The van der Waals surface area contributed by atoms with E-state index < -0.39 is 18.0 Å². The van der Waals surface area contributed by atoms with Gasteiger partial charge < -0.3 is 9.30 Å². The van der Waals surface area contributed by atoms with Gasteiger partial charge in [-0.05, 0) is 36.2 Å². The van der Waals surface area contributed by atoms with Gasteiger partial charge in [-0.15, -0.1) is 0 Å². The first-order valence-electron chi connectivity index (χ1n) is 8.88. The van der Waals surface area contributed by atoms with E-state index in [4.69, 9.17) is 16.3 Å². The van der Waals surface area contributed by atoms with E-state index in [1.54, 1.807) is 42.6 Å². The summed E-state index contributed by atoms with van der Waals surface area (Å²) in [5.41, 5.74) is 1.47.